The van der Waals surface area contributed by atoms with Crippen molar-refractivity contribution < 1.29 is 14.0 Å². The van der Waals surface area contributed by atoms with Crippen molar-refractivity contribution in [1.82, 2.24) is 0 Å². The Balaban J connectivity index is 2.28. The van der Waals surface area contributed by atoms with E-state index in [1.807, 2.05) is 0 Å². The van der Waals surface area contributed by atoms with E-state index >= 15 is 0 Å². The Labute approximate surface area is 183 Å². The van der Waals surface area contributed by atoms with Crippen molar-refractivity contribution in [2.24, 2.45) is 17.3 Å². The number of fused-ring (bicyclic) bond motifs is 1. The summed E-state index contributed by atoms with van der Waals surface area (Å²) < 4.78 is 14.0. The van der Waals surface area contributed by atoms with E-state index in [9.17, 15) is 5.11 Å². The molecule has 0 heterocycles. The molecule has 0 amide bonds. The van der Waals surface area contributed by atoms with Gasteiger partial charge in [0.1, 0.15) is 0 Å². The summed E-state index contributed by atoms with van der Waals surface area (Å²) in [6.45, 7) is 21.3. The van der Waals surface area contributed by atoms with Crippen molar-refractivity contribution in [2.75, 3.05) is 6.61 Å². The van der Waals surface area contributed by atoms with Gasteiger partial charge < -0.3 is 14.0 Å². The predicted octanol–water partition coefficient (Wildman–Crippen LogP) is 6.98. The van der Waals surface area contributed by atoms with Crippen LogP contribution in [0.2, 0.25) is 36.3 Å². The molecule has 172 valence electrons. The summed E-state index contributed by atoms with van der Waals surface area (Å²) in [5, 5.41) is 10.7. The fraction of sp³-hybridized carbons (Fsp3) is 1.00. The second kappa shape index (κ2) is 9.44. The molecule has 0 unspecified atom stereocenters. The number of hydrogen-bond acceptors (Lipinski definition) is 3. The van der Waals surface area contributed by atoms with Gasteiger partial charge in [-0.25, -0.2) is 0 Å². The molecule has 2 saturated carbocycles. The zero-order valence-electron chi connectivity index (χ0n) is 20.9. The predicted molar refractivity (Wildman–Crippen MR) is 129 cm³/mol. The molecule has 29 heavy (non-hydrogen) atoms. The molecule has 0 radical (unpaired) electrons. The van der Waals surface area contributed by atoms with Gasteiger partial charge in [0.15, 0.2) is 16.6 Å². The van der Waals surface area contributed by atoms with E-state index < -0.39 is 16.6 Å². The first-order valence-corrected chi connectivity index (χ1v) is 17.8. The van der Waals surface area contributed by atoms with Gasteiger partial charge in [0.2, 0.25) is 0 Å². The molecule has 0 aromatic carbocycles. The van der Waals surface area contributed by atoms with Gasteiger partial charge in [0.25, 0.3) is 0 Å². The third-order valence-electron chi connectivity index (χ3n) is 9.09. The number of rotatable bonds is 8. The Morgan fingerprint density at radius 3 is 2.07 bits per heavy atom. The number of aliphatic hydroxyl groups is 1. The maximum Gasteiger partial charge on any atom is 0.192 e. The standard InChI is InChI=1S/C24H50O3Si2/c1-10-29(11-2,12-3)27-22-15-13-14-21-20(22)16-19(17-24(21,7)18-25)26-28(8,9)23(4,5)6/h19-22,25H,10-18H2,1-9H3/t19-,20-,21+,22+,24-/m0/s1. The van der Waals surface area contributed by atoms with Crippen LogP contribution < -0.4 is 0 Å². The van der Waals surface area contributed by atoms with E-state index in [1.54, 1.807) is 0 Å². The Morgan fingerprint density at radius 1 is 1.00 bits per heavy atom. The van der Waals surface area contributed by atoms with Crippen LogP contribution in [0.25, 0.3) is 0 Å². The molecule has 5 atom stereocenters. The van der Waals surface area contributed by atoms with E-state index in [4.69, 9.17) is 8.85 Å². The van der Waals surface area contributed by atoms with Gasteiger partial charge in [-0.3, -0.25) is 0 Å². The Hall–Kier alpha value is 0.314. The highest BCUT2D eigenvalue weighted by atomic mass is 28.4. The normalized spacial score (nSPS) is 34.1. The zero-order chi connectivity index (χ0) is 22.1. The van der Waals surface area contributed by atoms with Gasteiger partial charge in [0, 0.05) is 18.8 Å². The van der Waals surface area contributed by atoms with E-state index in [0.717, 1.165) is 12.8 Å². The fourth-order valence-electron chi connectivity index (χ4n) is 5.80. The summed E-state index contributed by atoms with van der Waals surface area (Å²) in [7, 11) is -3.46. The van der Waals surface area contributed by atoms with Crippen molar-refractivity contribution in [3.8, 4) is 0 Å². The molecule has 0 aromatic rings. The quantitative estimate of drug-likeness (QED) is 0.412. The zero-order valence-corrected chi connectivity index (χ0v) is 22.9. The minimum Gasteiger partial charge on any atom is -0.414 e. The van der Waals surface area contributed by atoms with Crippen molar-refractivity contribution in [3.05, 3.63) is 0 Å². The lowest BCUT2D eigenvalue weighted by Gasteiger charge is -2.55. The SMILES string of the molecule is CC[Si](CC)(CC)O[C@@H]1CCC[C@@H]2[C@@H]1C[C@H](O[Si](C)(C)C(C)(C)C)C[C@@]2(C)CO. The fourth-order valence-corrected chi connectivity index (χ4v) is 10.1. The van der Waals surface area contributed by atoms with Gasteiger partial charge in [-0.05, 0) is 79.2 Å². The molecular weight excluding hydrogens is 392 g/mol. The average molecular weight is 443 g/mol. The van der Waals surface area contributed by atoms with Gasteiger partial charge >= 0.3 is 0 Å². The maximum absolute atomic E-state index is 10.4. The van der Waals surface area contributed by atoms with Crippen molar-refractivity contribution in [1.29, 1.82) is 0 Å². The summed E-state index contributed by atoms with van der Waals surface area (Å²) in [5.74, 6) is 1.11. The highest BCUT2D eigenvalue weighted by Crippen LogP contribution is 2.53. The second-order valence-electron chi connectivity index (χ2n) is 11.9. The Bertz CT molecular complexity index is 518. The Kier molecular flexibility index (Phi) is 8.32. The van der Waals surface area contributed by atoms with Crippen LogP contribution in [0.3, 0.4) is 0 Å². The van der Waals surface area contributed by atoms with E-state index in [-0.39, 0.29) is 23.2 Å². The molecule has 2 fully saturated rings. The lowest BCUT2D eigenvalue weighted by atomic mass is 9.57. The van der Waals surface area contributed by atoms with Gasteiger partial charge in [0.05, 0.1) is 0 Å². The van der Waals surface area contributed by atoms with Crippen LogP contribution in [0.5, 0.6) is 0 Å². The van der Waals surface area contributed by atoms with Crippen molar-refractivity contribution in [2.45, 2.75) is 129 Å². The summed E-state index contributed by atoms with van der Waals surface area (Å²) in [6, 6.07) is 3.65. The number of aliphatic hydroxyl groups excluding tert-OH is 1. The summed E-state index contributed by atoms with van der Waals surface area (Å²) in [6.07, 6.45) is 6.45. The molecule has 3 nitrogen and oxygen atoms in total. The highest BCUT2D eigenvalue weighted by Gasteiger charge is 2.52. The van der Waals surface area contributed by atoms with Crippen LogP contribution >= 0.6 is 0 Å². The van der Waals surface area contributed by atoms with Gasteiger partial charge in [-0.15, -0.1) is 0 Å². The molecule has 2 rings (SSSR count). The van der Waals surface area contributed by atoms with Crippen LogP contribution in [-0.2, 0) is 8.85 Å². The monoisotopic (exact) mass is 442 g/mol. The minimum atomic E-state index is -1.83. The molecule has 0 aliphatic heterocycles. The molecular formula is C24H50O3Si2. The van der Waals surface area contributed by atoms with Gasteiger partial charge in [-0.2, -0.15) is 0 Å². The topological polar surface area (TPSA) is 38.7 Å². The summed E-state index contributed by atoms with van der Waals surface area (Å²) in [5.41, 5.74) is -0.0349. The third-order valence-corrected chi connectivity index (χ3v) is 18.3. The summed E-state index contributed by atoms with van der Waals surface area (Å²) in [4.78, 5) is 0. The van der Waals surface area contributed by atoms with Crippen LogP contribution in [0.15, 0.2) is 0 Å². The van der Waals surface area contributed by atoms with E-state index in [0.29, 0.717) is 17.9 Å². The molecule has 1 N–H and O–H groups in total. The first-order chi connectivity index (χ1) is 13.4. The lowest BCUT2D eigenvalue weighted by molar-refractivity contribution is -0.104. The van der Waals surface area contributed by atoms with Gasteiger partial charge in [-0.1, -0.05) is 54.9 Å². The third kappa shape index (κ3) is 5.39. The molecule has 0 aromatic heterocycles. The average Bonchev–Trinajstić information content (AvgIpc) is 2.65. The summed E-state index contributed by atoms with van der Waals surface area (Å²) >= 11 is 0. The first kappa shape index (κ1) is 25.6. The molecule has 2 aliphatic carbocycles. The lowest BCUT2D eigenvalue weighted by Crippen LogP contribution is -2.56. The van der Waals surface area contributed by atoms with Crippen molar-refractivity contribution >= 4 is 16.6 Å². The highest BCUT2D eigenvalue weighted by molar-refractivity contribution is 6.74. The largest absolute Gasteiger partial charge is 0.414 e. The molecule has 0 spiro atoms. The van der Waals surface area contributed by atoms with Crippen molar-refractivity contribution in [3.63, 3.8) is 0 Å². The molecule has 2 aliphatic rings. The minimum absolute atomic E-state index is 0.0349. The molecule has 5 heteroatoms. The molecule has 0 saturated heterocycles. The second-order valence-corrected chi connectivity index (χ2v) is 21.3. The van der Waals surface area contributed by atoms with E-state index in [1.165, 1.54) is 37.4 Å². The maximum atomic E-state index is 10.4. The van der Waals surface area contributed by atoms with Crippen LogP contribution in [0.4, 0.5) is 0 Å². The number of hydrogen-bond donors (Lipinski definition) is 1. The smallest absolute Gasteiger partial charge is 0.192 e. The van der Waals surface area contributed by atoms with Crippen LogP contribution in [0.1, 0.15) is 80.6 Å². The Morgan fingerprint density at radius 2 is 1.59 bits per heavy atom. The van der Waals surface area contributed by atoms with Crippen LogP contribution in [0, 0.1) is 17.3 Å². The molecule has 0 bridgehead atoms. The van der Waals surface area contributed by atoms with Crippen LogP contribution in [-0.4, -0.2) is 40.6 Å². The first-order valence-electron chi connectivity index (χ1n) is 12.3. The van der Waals surface area contributed by atoms with E-state index in [2.05, 4.69) is 61.6 Å².